The standard InChI is InChI=1S/C14H20N2O3/c1-5-10(14(18)19-4)13(17)15-11-8-6-7-9-12(11)16(2)3/h6-10H,5H2,1-4H3,(H,15,17)/t10-/m0/s1. The molecule has 1 atom stereocenters. The van der Waals surface area contributed by atoms with E-state index in [2.05, 4.69) is 10.1 Å². The lowest BCUT2D eigenvalue weighted by atomic mass is 10.1. The summed E-state index contributed by atoms with van der Waals surface area (Å²) in [5, 5.41) is 2.78. The number of nitrogens with one attached hydrogen (secondary N) is 1. The third kappa shape index (κ3) is 3.71. The Bertz CT molecular complexity index is 458. The van der Waals surface area contributed by atoms with Crippen LogP contribution in [0.3, 0.4) is 0 Å². The average molecular weight is 264 g/mol. The van der Waals surface area contributed by atoms with Crippen molar-refractivity contribution in [1.82, 2.24) is 0 Å². The van der Waals surface area contributed by atoms with Gasteiger partial charge in [0.05, 0.1) is 18.5 Å². The largest absolute Gasteiger partial charge is 0.468 e. The number of para-hydroxylation sites is 2. The maximum Gasteiger partial charge on any atom is 0.318 e. The first-order chi connectivity index (χ1) is 9.01. The fourth-order valence-electron chi connectivity index (χ4n) is 1.79. The second kappa shape index (κ2) is 6.78. The van der Waals surface area contributed by atoms with Crippen molar-refractivity contribution < 1.29 is 14.3 Å². The molecule has 19 heavy (non-hydrogen) atoms. The molecule has 1 aromatic carbocycles. The molecule has 1 amide bonds. The minimum absolute atomic E-state index is 0.344. The van der Waals surface area contributed by atoms with Gasteiger partial charge in [-0.2, -0.15) is 0 Å². The predicted molar refractivity (Wildman–Crippen MR) is 75.2 cm³/mol. The molecular formula is C14H20N2O3. The molecule has 5 nitrogen and oxygen atoms in total. The maximum atomic E-state index is 12.1. The molecule has 0 saturated heterocycles. The van der Waals surface area contributed by atoms with E-state index in [1.165, 1.54) is 7.11 Å². The number of ether oxygens (including phenoxy) is 1. The summed E-state index contributed by atoms with van der Waals surface area (Å²) in [6, 6.07) is 7.43. The van der Waals surface area contributed by atoms with Crippen LogP contribution in [0.25, 0.3) is 0 Å². The van der Waals surface area contributed by atoms with Gasteiger partial charge in [-0.3, -0.25) is 9.59 Å². The number of carbonyl (C=O) groups is 2. The molecule has 0 aliphatic rings. The maximum absolute atomic E-state index is 12.1. The molecule has 0 heterocycles. The van der Waals surface area contributed by atoms with Crippen LogP contribution < -0.4 is 10.2 Å². The average Bonchev–Trinajstić information content (AvgIpc) is 2.39. The summed E-state index contributed by atoms with van der Waals surface area (Å²) in [4.78, 5) is 25.5. The highest BCUT2D eigenvalue weighted by Gasteiger charge is 2.26. The van der Waals surface area contributed by atoms with Crippen LogP contribution in [0.2, 0.25) is 0 Å². The molecule has 5 heteroatoms. The number of anilines is 2. The zero-order valence-electron chi connectivity index (χ0n) is 11.8. The predicted octanol–water partition coefficient (Wildman–Crippen LogP) is 1.89. The number of hydrogen-bond acceptors (Lipinski definition) is 4. The van der Waals surface area contributed by atoms with Crippen molar-refractivity contribution in [3.8, 4) is 0 Å². The Labute approximate surface area is 113 Å². The SMILES string of the molecule is CC[C@@H](C(=O)Nc1ccccc1N(C)C)C(=O)OC. The monoisotopic (exact) mass is 264 g/mol. The second-order valence-corrected chi connectivity index (χ2v) is 4.38. The number of methoxy groups -OCH3 is 1. The number of carbonyl (C=O) groups excluding carboxylic acids is 2. The molecular weight excluding hydrogens is 244 g/mol. The molecule has 0 radical (unpaired) electrons. The van der Waals surface area contributed by atoms with Gasteiger partial charge >= 0.3 is 5.97 Å². The fourth-order valence-corrected chi connectivity index (χ4v) is 1.79. The summed E-state index contributed by atoms with van der Waals surface area (Å²) < 4.78 is 4.63. The Morgan fingerprint density at radius 2 is 1.95 bits per heavy atom. The Morgan fingerprint density at radius 1 is 1.32 bits per heavy atom. The van der Waals surface area contributed by atoms with Gasteiger partial charge in [0, 0.05) is 14.1 Å². The third-order valence-corrected chi connectivity index (χ3v) is 2.85. The van der Waals surface area contributed by atoms with E-state index in [0.717, 1.165) is 5.69 Å². The van der Waals surface area contributed by atoms with E-state index >= 15 is 0 Å². The van der Waals surface area contributed by atoms with Crippen LogP contribution in [-0.4, -0.2) is 33.1 Å². The van der Waals surface area contributed by atoms with Crippen molar-refractivity contribution in [2.24, 2.45) is 5.92 Å². The zero-order valence-corrected chi connectivity index (χ0v) is 11.8. The summed E-state index contributed by atoms with van der Waals surface area (Å²) in [6.07, 6.45) is 0.405. The Morgan fingerprint density at radius 3 is 2.47 bits per heavy atom. The Kier molecular flexibility index (Phi) is 5.36. The topological polar surface area (TPSA) is 58.6 Å². The number of benzene rings is 1. The number of hydrogen-bond donors (Lipinski definition) is 1. The van der Waals surface area contributed by atoms with E-state index in [1.807, 2.05) is 37.2 Å². The highest BCUT2D eigenvalue weighted by atomic mass is 16.5. The minimum atomic E-state index is -0.778. The molecule has 1 rings (SSSR count). The summed E-state index contributed by atoms with van der Waals surface area (Å²) in [5.41, 5.74) is 1.57. The van der Waals surface area contributed by atoms with Crippen molar-refractivity contribution in [3.63, 3.8) is 0 Å². The summed E-state index contributed by atoms with van der Waals surface area (Å²) in [5.74, 6) is -1.63. The highest BCUT2D eigenvalue weighted by Crippen LogP contribution is 2.24. The van der Waals surface area contributed by atoms with Crippen molar-refractivity contribution in [2.75, 3.05) is 31.4 Å². The smallest absolute Gasteiger partial charge is 0.318 e. The van der Waals surface area contributed by atoms with Crippen LogP contribution >= 0.6 is 0 Å². The molecule has 0 aliphatic heterocycles. The fraction of sp³-hybridized carbons (Fsp3) is 0.429. The van der Waals surface area contributed by atoms with Gasteiger partial charge in [-0.15, -0.1) is 0 Å². The first-order valence-electron chi connectivity index (χ1n) is 6.16. The second-order valence-electron chi connectivity index (χ2n) is 4.38. The van der Waals surface area contributed by atoms with E-state index in [9.17, 15) is 9.59 Å². The van der Waals surface area contributed by atoms with Gasteiger partial charge in [-0.25, -0.2) is 0 Å². The lowest BCUT2D eigenvalue weighted by Crippen LogP contribution is -2.30. The molecule has 0 unspecified atom stereocenters. The van der Waals surface area contributed by atoms with Crippen LogP contribution in [0.1, 0.15) is 13.3 Å². The van der Waals surface area contributed by atoms with Crippen LogP contribution in [-0.2, 0) is 14.3 Å². The molecule has 1 aromatic rings. The minimum Gasteiger partial charge on any atom is -0.468 e. The van der Waals surface area contributed by atoms with Crippen molar-refractivity contribution >= 4 is 23.3 Å². The quantitative estimate of drug-likeness (QED) is 0.651. The van der Waals surface area contributed by atoms with Crippen LogP contribution in [0, 0.1) is 5.92 Å². The molecule has 0 aromatic heterocycles. The summed E-state index contributed by atoms with van der Waals surface area (Å²) >= 11 is 0. The Balaban J connectivity index is 2.90. The lowest BCUT2D eigenvalue weighted by molar-refractivity contribution is -0.148. The number of esters is 1. The molecule has 0 fully saturated rings. The molecule has 0 spiro atoms. The lowest BCUT2D eigenvalue weighted by Gasteiger charge is -2.19. The molecule has 0 bridgehead atoms. The summed E-state index contributed by atoms with van der Waals surface area (Å²) in [7, 11) is 5.07. The molecule has 0 aliphatic carbocycles. The third-order valence-electron chi connectivity index (χ3n) is 2.85. The van der Waals surface area contributed by atoms with Gasteiger partial charge in [0.25, 0.3) is 0 Å². The van der Waals surface area contributed by atoms with Gasteiger partial charge in [0.2, 0.25) is 5.91 Å². The van der Waals surface area contributed by atoms with E-state index < -0.39 is 11.9 Å². The molecule has 104 valence electrons. The van der Waals surface area contributed by atoms with E-state index in [0.29, 0.717) is 12.1 Å². The van der Waals surface area contributed by atoms with Crippen molar-refractivity contribution in [2.45, 2.75) is 13.3 Å². The molecule has 0 saturated carbocycles. The van der Waals surface area contributed by atoms with Crippen LogP contribution in [0.5, 0.6) is 0 Å². The van der Waals surface area contributed by atoms with E-state index in [-0.39, 0.29) is 5.91 Å². The number of rotatable bonds is 5. The van der Waals surface area contributed by atoms with Gasteiger partial charge in [0.1, 0.15) is 5.92 Å². The van der Waals surface area contributed by atoms with Gasteiger partial charge in [-0.05, 0) is 18.6 Å². The number of amides is 1. The van der Waals surface area contributed by atoms with E-state index in [1.54, 1.807) is 13.0 Å². The van der Waals surface area contributed by atoms with Gasteiger partial charge in [-0.1, -0.05) is 19.1 Å². The first kappa shape index (κ1) is 15.0. The highest BCUT2D eigenvalue weighted by molar-refractivity contribution is 6.06. The van der Waals surface area contributed by atoms with E-state index in [4.69, 9.17) is 0 Å². The summed E-state index contributed by atoms with van der Waals surface area (Å²) in [6.45, 7) is 1.78. The molecule has 1 N–H and O–H groups in total. The van der Waals surface area contributed by atoms with Gasteiger partial charge < -0.3 is 15.0 Å². The van der Waals surface area contributed by atoms with Gasteiger partial charge in [0.15, 0.2) is 0 Å². The first-order valence-corrected chi connectivity index (χ1v) is 6.16. The van der Waals surface area contributed by atoms with Crippen LogP contribution in [0.15, 0.2) is 24.3 Å². The van der Waals surface area contributed by atoms with Crippen molar-refractivity contribution in [1.29, 1.82) is 0 Å². The number of nitrogens with zero attached hydrogens (tertiary/aromatic N) is 1. The normalized spacial score (nSPS) is 11.6. The zero-order chi connectivity index (χ0) is 14.4. The Hall–Kier alpha value is -2.04. The van der Waals surface area contributed by atoms with Crippen LogP contribution in [0.4, 0.5) is 11.4 Å². The van der Waals surface area contributed by atoms with Crippen molar-refractivity contribution in [3.05, 3.63) is 24.3 Å².